The Kier molecular flexibility index (Phi) is 5.46. The van der Waals surface area contributed by atoms with E-state index in [4.69, 9.17) is 11.6 Å². The number of fused-ring (bicyclic) bond motifs is 1. The zero-order valence-corrected chi connectivity index (χ0v) is 16.1. The number of carbonyl (C=O) groups excluding carboxylic acids is 1. The largest absolute Gasteiger partial charge is 0.352 e. The summed E-state index contributed by atoms with van der Waals surface area (Å²) in [5.41, 5.74) is 3.13. The molecule has 0 aliphatic carbocycles. The average Bonchev–Trinajstić information content (AvgIpc) is 2.64. The number of amides is 1. The third-order valence-electron chi connectivity index (χ3n) is 4.62. The van der Waals surface area contributed by atoms with E-state index >= 15 is 0 Å². The molecule has 2 aromatic carbocycles. The van der Waals surface area contributed by atoms with Crippen LogP contribution >= 0.6 is 11.6 Å². The molecule has 0 radical (unpaired) electrons. The van der Waals surface area contributed by atoms with Crippen LogP contribution in [0.5, 0.6) is 0 Å². The molecule has 2 N–H and O–H groups in total. The van der Waals surface area contributed by atoms with E-state index in [-0.39, 0.29) is 28.4 Å². The van der Waals surface area contributed by atoms with E-state index in [0.29, 0.717) is 12.0 Å². The first kappa shape index (κ1) is 19.6. The highest BCUT2D eigenvalue weighted by Crippen LogP contribution is 2.22. The summed E-state index contributed by atoms with van der Waals surface area (Å²) in [6.07, 6.45) is 0.316. The molecule has 0 unspecified atom stereocenters. The summed E-state index contributed by atoms with van der Waals surface area (Å²) >= 11 is 5.97. The minimum Gasteiger partial charge on any atom is -0.352 e. The molecule has 1 aromatic heterocycles. The van der Waals surface area contributed by atoms with Crippen LogP contribution in [0, 0.1) is 24.0 Å². The van der Waals surface area contributed by atoms with Gasteiger partial charge in [0.15, 0.2) is 0 Å². The number of carbonyl (C=O) groups is 1. The summed E-state index contributed by atoms with van der Waals surface area (Å²) < 4.78 is 0. The first-order valence-corrected chi connectivity index (χ1v) is 8.99. The molecule has 3 rings (SSSR count). The number of hydrogen-bond donors (Lipinski definition) is 2. The lowest BCUT2D eigenvalue weighted by molar-refractivity contribution is -0.384. The van der Waals surface area contributed by atoms with Crippen LogP contribution in [0.25, 0.3) is 10.9 Å². The number of nitro benzene ring substituents is 1. The lowest BCUT2D eigenvalue weighted by Crippen LogP contribution is -2.27. The molecule has 0 atom stereocenters. The van der Waals surface area contributed by atoms with Gasteiger partial charge in [-0.05, 0) is 61.0 Å². The van der Waals surface area contributed by atoms with Crippen molar-refractivity contribution in [1.29, 1.82) is 0 Å². The van der Waals surface area contributed by atoms with Crippen molar-refractivity contribution < 1.29 is 9.72 Å². The number of nitrogens with zero attached hydrogens (tertiary/aromatic N) is 1. The van der Waals surface area contributed by atoms with Crippen molar-refractivity contribution in [1.82, 2.24) is 10.3 Å². The Balaban J connectivity index is 1.74. The van der Waals surface area contributed by atoms with Gasteiger partial charge < -0.3 is 10.3 Å². The van der Waals surface area contributed by atoms with Crippen molar-refractivity contribution in [2.45, 2.75) is 20.3 Å². The highest BCUT2D eigenvalue weighted by Gasteiger charge is 2.15. The zero-order valence-electron chi connectivity index (χ0n) is 15.3. The van der Waals surface area contributed by atoms with Crippen molar-refractivity contribution in [2.75, 3.05) is 6.54 Å². The Bertz CT molecular complexity index is 1150. The number of non-ortho nitro benzene ring substituents is 1. The molecule has 0 spiro atoms. The first-order chi connectivity index (χ1) is 13.3. The van der Waals surface area contributed by atoms with Crippen LogP contribution in [0.2, 0.25) is 5.02 Å². The molecule has 3 aromatic rings. The lowest BCUT2D eigenvalue weighted by Gasteiger charge is -2.08. The minimum atomic E-state index is -0.592. The monoisotopic (exact) mass is 399 g/mol. The predicted octanol–water partition coefficient (Wildman–Crippen LogP) is 3.68. The maximum absolute atomic E-state index is 12.3. The molecule has 7 nitrogen and oxygen atoms in total. The van der Waals surface area contributed by atoms with Crippen molar-refractivity contribution in [3.8, 4) is 0 Å². The lowest BCUT2D eigenvalue weighted by atomic mass is 10.0. The SMILES string of the molecule is Cc1cc2cc(CCNC(=O)c3cc([N+](=O)[O-])ccc3Cl)c(=O)[nH]c2cc1C. The van der Waals surface area contributed by atoms with E-state index in [1.165, 1.54) is 12.1 Å². The average molecular weight is 400 g/mol. The van der Waals surface area contributed by atoms with Crippen molar-refractivity contribution >= 4 is 34.1 Å². The summed E-state index contributed by atoms with van der Waals surface area (Å²) in [6, 6.07) is 9.43. The Morgan fingerprint density at radius 3 is 2.61 bits per heavy atom. The number of hydrogen-bond acceptors (Lipinski definition) is 4. The molecule has 28 heavy (non-hydrogen) atoms. The van der Waals surface area contributed by atoms with Crippen LogP contribution < -0.4 is 10.9 Å². The highest BCUT2D eigenvalue weighted by molar-refractivity contribution is 6.33. The number of halogens is 1. The fourth-order valence-electron chi connectivity index (χ4n) is 2.91. The summed E-state index contributed by atoms with van der Waals surface area (Å²) in [4.78, 5) is 37.7. The molecular formula is C20H18ClN3O4. The Hall–Kier alpha value is -3.19. The number of H-pyrrole nitrogens is 1. The van der Waals surface area contributed by atoms with Gasteiger partial charge in [0, 0.05) is 29.8 Å². The molecule has 144 valence electrons. The number of aromatic nitrogens is 1. The van der Waals surface area contributed by atoms with Gasteiger partial charge in [0.2, 0.25) is 0 Å². The molecule has 0 fully saturated rings. The molecule has 0 aliphatic rings. The van der Waals surface area contributed by atoms with Gasteiger partial charge in [-0.3, -0.25) is 19.7 Å². The number of benzene rings is 2. The molecule has 1 amide bonds. The fraction of sp³-hybridized carbons (Fsp3) is 0.200. The fourth-order valence-corrected chi connectivity index (χ4v) is 3.12. The second kappa shape index (κ2) is 7.82. The van der Waals surface area contributed by atoms with Gasteiger partial charge in [0.1, 0.15) is 0 Å². The van der Waals surface area contributed by atoms with E-state index in [2.05, 4.69) is 10.3 Å². The van der Waals surface area contributed by atoms with Gasteiger partial charge in [0.05, 0.1) is 15.5 Å². The van der Waals surface area contributed by atoms with Gasteiger partial charge in [-0.25, -0.2) is 0 Å². The third-order valence-corrected chi connectivity index (χ3v) is 4.95. The number of aryl methyl sites for hydroxylation is 2. The van der Waals surface area contributed by atoms with Crippen molar-refractivity contribution in [2.24, 2.45) is 0 Å². The Morgan fingerprint density at radius 1 is 1.18 bits per heavy atom. The first-order valence-electron chi connectivity index (χ1n) is 8.61. The topological polar surface area (TPSA) is 105 Å². The van der Waals surface area contributed by atoms with E-state index in [1.807, 2.05) is 32.0 Å². The number of pyridine rings is 1. The summed E-state index contributed by atoms with van der Waals surface area (Å²) in [6.45, 7) is 4.18. The van der Waals surface area contributed by atoms with Crippen molar-refractivity contribution in [3.63, 3.8) is 0 Å². The van der Waals surface area contributed by atoms with Gasteiger partial charge in [-0.1, -0.05) is 11.6 Å². The maximum Gasteiger partial charge on any atom is 0.270 e. The second-order valence-electron chi connectivity index (χ2n) is 6.57. The van der Waals surface area contributed by atoms with Gasteiger partial charge in [0.25, 0.3) is 17.2 Å². The summed E-state index contributed by atoms with van der Waals surface area (Å²) in [5.74, 6) is -0.530. The number of aromatic amines is 1. The standard InChI is InChI=1S/C20H18ClN3O4/c1-11-7-14-9-13(19(25)23-18(14)8-12(11)2)5-6-22-20(26)16-10-15(24(27)28)3-4-17(16)21/h3-4,7-10H,5-6H2,1-2H3,(H,22,26)(H,23,25). The zero-order chi connectivity index (χ0) is 20.4. The predicted molar refractivity (Wildman–Crippen MR) is 108 cm³/mol. The van der Waals surface area contributed by atoms with Gasteiger partial charge in [-0.15, -0.1) is 0 Å². The molecule has 0 bridgehead atoms. The summed E-state index contributed by atoms with van der Waals surface area (Å²) in [7, 11) is 0. The van der Waals surface area contributed by atoms with Crippen LogP contribution in [0.15, 0.2) is 41.2 Å². The molecule has 1 heterocycles. The number of nitro groups is 1. The van der Waals surface area contributed by atoms with Crippen LogP contribution in [0.1, 0.15) is 27.0 Å². The molecule has 8 heteroatoms. The van der Waals surface area contributed by atoms with E-state index in [0.717, 1.165) is 28.1 Å². The molecule has 0 saturated carbocycles. The maximum atomic E-state index is 12.3. The minimum absolute atomic E-state index is 0.0226. The third kappa shape index (κ3) is 4.04. The highest BCUT2D eigenvalue weighted by atomic mass is 35.5. The van der Waals surface area contributed by atoms with Crippen LogP contribution in [-0.2, 0) is 6.42 Å². The quantitative estimate of drug-likeness (QED) is 0.504. The Morgan fingerprint density at radius 2 is 1.89 bits per heavy atom. The molecule has 0 aliphatic heterocycles. The molecule has 0 saturated heterocycles. The van der Waals surface area contributed by atoms with E-state index in [9.17, 15) is 19.7 Å². The molecular weight excluding hydrogens is 382 g/mol. The number of rotatable bonds is 5. The van der Waals surface area contributed by atoms with E-state index in [1.54, 1.807) is 0 Å². The summed E-state index contributed by atoms with van der Waals surface area (Å²) in [5, 5.41) is 14.6. The smallest absolute Gasteiger partial charge is 0.270 e. The second-order valence-corrected chi connectivity index (χ2v) is 6.98. The van der Waals surface area contributed by atoms with Crippen LogP contribution in [-0.4, -0.2) is 22.4 Å². The van der Waals surface area contributed by atoms with Gasteiger partial charge >= 0.3 is 0 Å². The normalized spacial score (nSPS) is 10.8. The van der Waals surface area contributed by atoms with E-state index < -0.39 is 10.8 Å². The van der Waals surface area contributed by atoms with Crippen LogP contribution in [0.3, 0.4) is 0 Å². The van der Waals surface area contributed by atoms with Crippen molar-refractivity contribution in [3.05, 3.63) is 84.1 Å². The van der Waals surface area contributed by atoms with Crippen LogP contribution in [0.4, 0.5) is 5.69 Å². The number of nitrogens with one attached hydrogen (secondary N) is 2. The Labute approximate surface area is 165 Å². The van der Waals surface area contributed by atoms with Gasteiger partial charge in [-0.2, -0.15) is 0 Å².